The lowest BCUT2D eigenvalue weighted by Gasteiger charge is -2.38. The molecule has 5 nitrogen and oxygen atoms in total. The molecule has 2 aliphatic heterocycles. The molecule has 0 bridgehead atoms. The number of hydrogen-bond donors (Lipinski definition) is 0. The van der Waals surface area contributed by atoms with E-state index in [0.29, 0.717) is 6.54 Å². The average molecular weight is 401 g/mol. The molecule has 2 aliphatic rings. The van der Waals surface area contributed by atoms with Crippen LogP contribution in [0.3, 0.4) is 0 Å². The predicted octanol–water partition coefficient (Wildman–Crippen LogP) is 3.73. The standard InChI is InChI=1S/C22H28N2O3S/c1-26-18-13-16-8-11-24(15-21(25)23-9-4-3-5-10-23)22(20-7-6-12-28-20)17(16)14-19(18)27-2/h6-7,12-14,22H,3-5,8-11,15H2,1-2H3. The Labute approximate surface area is 170 Å². The molecule has 1 saturated heterocycles. The van der Waals surface area contributed by atoms with Gasteiger partial charge in [0.2, 0.25) is 5.91 Å². The van der Waals surface area contributed by atoms with Crippen molar-refractivity contribution in [2.45, 2.75) is 31.7 Å². The van der Waals surface area contributed by atoms with Crippen molar-refractivity contribution in [1.82, 2.24) is 9.80 Å². The highest BCUT2D eigenvalue weighted by atomic mass is 32.1. The minimum absolute atomic E-state index is 0.0808. The summed E-state index contributed by atoms with van der Waals surface area (Å²) in [6.45, 7) is 3.14. The Morgan fingerprint density at radius 3 is 2.54 bits per heavy atom. The van der Waals surface area contributed by atoms with Crippen molar-refractivity contribution in [2.24, 2.45) is 0 Å². The molecule has 1 aromatic carbocycles. The summed E-state index contributed by atoms with van der Waals surface area (Å²) in [6.07, 6.45) is 4.39. The molecule has 1 unspecified atom stereocenters. The van der Waals surface area contributed by atoms with E-state index < -0.39 is 0 Å². The molecule has 0 N–H and O–H groups in total. The first-order chi connectivity index (χ1) is 13.7. The molecule has 0 aliphatic carbocycles. The topological polar surface area (TPSA) is 42.0 Å². The second kappa shape index (κ2) is 8.53. The molecule has 6 heteroatoms. The Kier molecular flexibility index (Phi) is 5.87. The van der Waals surface area contributed by atoms with Crippen LogP contribution >= 0.6 is 11.3 Å². The van der Waals surface area contributed by atoms with Crippen LogP contribution < -0.4 is 9.47 Å². The highest BCUT2D eigenvalue weighted by Crippen LogP contribution is 2.42. The number of benzene rings is 1. The van der Waals surface area contributed by atoms with Crippen LogP contribution in [0.15, 0.2) is 29.6 Å². The fraction of sp³-hybridized carbons (Fsp3) is 0.500. The maximum atomic E-state index is 13.0. The van der Waals surface area contributed by atoms with Crippen molar-refractivity contribution in [3.05, 3.63) is 45.6 Å². The van der Waals surface area contributed by atoms with E-state index in [2.05, 4.69) is 34.5 Å². The normalized spacial score (nSPS) is 19.9. The van der Waals surface area contributed by atoms with Crippen LogP contribution in [0.1, 0.15) is 41.3 Å². The Morgan fingerprint density at radius 1 is 1.11 bits per heavy atom. The molecule has 150 valence electrons. The number of rotatable bonds is 5. The number of piperidine rings is 1. The lowest BCUT2D eigenvalue weighted by atomic mass is 9.90. The van der Waals surface area contributed by atoms with Crippen LogP contribution in [0.4, 0.5) is 0 Å². The number of thiophene rings is 1. The Bertz CT molecular complexity index is 815. The van der Waals surface area contributed by atoms with Gasteiger partial charge in [-0.2, -0.15) is 0 Å². The summed E-state index contributed by atoms with van der Waals surface area (Å²) in [5.74, 6) is 1.77. The van der Waals surface area contributed by atoms with E-state index in [1.54, 1.807) is 25.6 Å². The summed E-state index contributed by atoms with van der Waals surface area (Å²) in [6, 6.07) is 8.52. The monoisotopic (exact) mass is 400 g/mol. The smallest absolute Gasteiger partial charge is 0.236 e. The van der Waals surface area contributed by atoms with E-state index in [0.717, 1.165) is 50.4 Å². The van der Waals surface area contributed by atoms with E-state index >= 15 is 0 Å². The summed E-state index contributed by atoms with van der Waals surface area (Å²) in [5, 5.41) is 2.11. The second-order valence-electron chi connectivity index (χ2n) is 7.49. The zero-order valence-corrected chi connectivity index (χ0v) is 17.5. The molecule has 1 fully saturated rings. The van der Waals surface area contributed by atoms with Gasteiger partial charge in [0.25, 0.3) is 0 Å². The first-order valence-corrected chi connectivity index (χ1v) is 10.9. The molecule has 3 heterocycles. The summed E-state index contributed by atoms with van der Waals surface area (Å²) >= 11 is 1.74. The maximum Gasteiger partial charge on any atom is 0.236 e. The molecule has 1 aromatic heterocycles. The third-order valence-corrected chi connectivity index (χ3v) is 6.76. The SMILES string of the molecule is COc1cc2c(cc1OC)C(c1cccs1)N(CC(=O)N1CCCCC1)CC2. The number of fused-ring (bicyclic) bond motifs is 1. The second-order valence-corrected chi connectivity index (χ2v) is 8.47. The van der Waals surface area contributed by atoms with Gasteiger partial charge in [0, 0.05) is 24.5 Å². The molecule has 2 aromatic rings. The number of carbonyl (C=O) groups excluding carboxylic acids is 1. The van der Waals surface area contributed by atoms with Gasteiger partial charge >= 0.3 is 0 Å². The highest BCUT2D eigenvalue weighted by Gasteiger charge is 2.33. The quantitative estimate of drug-likeness (QED) is 0.767. The maximum absolute atomic E-state index is 13.0. The first kappa shape index (κ1) is 19.3. The Balaban J connectivity index is 1.66. The third kappa shape index (κ3) is 3.76. The van der Waals surface area contributed by atoms with E-state index in [-0.39, 0.29) is 11.9 Å². The summed E-state index contributed by atoms with van der Waals surface area (Å²) < 4.78 is 11.1. The zero-order chi connectivity index (χ0) is 19.5. The number of likely N-dealkylation sites (tertiary alicyclic amines) is 1. The lowest BCUT2D eigenvalue weighted by molar-refractivity contribution is -0.133. The van der Waals surface area contributed by atoms with Crippen molar-refractivity contribution in [3.63, 3.8) is 0 Å². The Hall–Kier alpha value is -2.05. The number of nitrogens with zero attached hydrogens (tertiary/aromatic N) is 2. The van der Waals surface area contributed by atoms with Gasteiger partial charge in [0.05, 0.1) is 26.8 Å². The van der Waals surface area contributed by atoms with Gasteiger partial charge in [0.15, 0.2) is 11.5 Å². The molecule has 28 heavy (non-hydrogen) atoms. The van der Waals surface area contributed by atoms with Crippen molar-refractivity contribution < 1.29 is 14.3 Å². The summed E-state index contributed by atoms with van der Waals surface area (Å²) in [5.41, 5.74) is 2.50. The number of hydrogen-bond acceptors (Lipinski definition) is 5. The average Bonchev–Trinajstić information content (AvgIpc) is 3.27. The van der Waals surface area contributed by atoms with E-state index in [9.17, 15) is 4.79 Å². The minimum Gasteiger partial charge on any atom is -0.493 e. The number of amides is 1. The van der Waals surface area contributed by atoms with Gasteiger partial charge in [-0.3, -0.25) is 9.69 Å². The molecular weight excluding hydrogens is 372 g/mol. The first-order valence-electron chi connectivity index (χ1n) is 10.0. The molecule has 0 spiro atoms. The third-order valence-electron chi connectivity index (χ3n) is 5.83. The largest absolute Gasteiger partial charge is 0.493 e. The van der Waals surface area contributed by atoms with E-state index in [1.165, 1.54) is 22.4 Å². The van der Waals surface area contributed by atoms with E-state index in [1.807, 2.05) is 4.90 Å². The fourth-order valence-electron chi connectivity index (χ4n) is 4.37. The van der Waals surface area contributed by atoms with Crippen LogP contribution in [0.25, 0.3) is 0 Å². The van der Waals surface area contributed by atoms with Crippen LogP contribution in [0, 0.1) is 0 Å². The predicted molar refractivity (Wildman–Crippen MR) is 111 cm³/mol. The van der Waals surface area contributed by atoms with Crippen LogP contribution in [0.2, 0.25) is 0 Å². The van der Waals surface area contributed by atoms with E-state index in [4.69, 9.17) is 9.47 Å². The molecule has 4 rings (SSSR count). The van der Waals surface area contributed by atoms with Gasteiger partial charge in [0.1, 0.15) is 0 Å². The summed E-state index contributed by atoms with van der Waals surface area (Å²) in [4.78, 5) is 18.6. The summed E-state index contributed by atoms with van der Waals surface area (Å²) in [7, 11) is 3.35. The zero-order valence-electron chi connectivity index (χ0n) is 16.6. The molecule has 1 amide bonds. The van der Waals surface area contributed by atoms with Gasteiger partial charge in [-0.05, 0) is 60.4 Å². The highest BCUT2D eigenvalue weighted by molar-refractivity contribution is 7.10. The number of methoxy groups -OCH3 is 2. The van der Waals surface area contributed by atoms with Gasteiger partial charge in [-0.1, -0.05) is 6.07 Å². The van der Waals surface area contributed by atoms with Crippen LogP contribution in [0.5, 0.6) is 11.5 Å². The van der Waals surface area contributed by atoms with Crippen molar-refractivity contribution in [1.29, 1.82) is 0 Å². The number of carbonyl (C=O) groups is 1. The molecule has 0 saturated carbocycles. The number of ether oxygens (including phenoxy) is 2. The fourth-order valence-corrected chi connectivity index (χ4v) is 5.24. The molecule has 1 atom stereocenters. The van der Waals surface area contributed by atoms with Gasteiger partial charge in [-0.25, -0.2) is 0 Å². The van der Waals surface area contributed by atoms with Crippen molar-refractivity contribution >= 4 is 17.2 Å². The lowest BCUT2D eigenvalue weighted by Crippen LogP contribution is -2.46. The molecule has 0 radical (unpaired) electrons. The van der Waals surface area contributed by atoms with Crippen LogP contribution in [-0.2, 0) is 11.2 Å². The van der Waals surface area contributed by atoms with Crippen LogP contribution in [-0.4, -0.2) is 56.1 Å². The Morgan fingerprint density at radius 2 is 1.86 bits per heavy atom. The van der Waals surface area contributed by atoms with Crippen molar-refractivity contribution in [3.8, 4) is 11.5 Å². The minimum atomic E-state index is 0.0808. The van der Waals surface area contributed by atoms with Crippen molar-refractivity contribution in [2.75, 3.05) is 40.4 Å². The molecular formula is C22H28N2O3S. The van der Waals surface area contributed by atoms with Gasteiger partial charge in [-0.15, -0.1) is 11.3 Å². The van der Waals surface area contributed by atoms with Gasteiger partial charge < -0.3 is 14.4 Å².